The average Bonchev–Trinajstić information content (AvgIpc) is 3.04. The maximum absolute atomic E-state index is 4.57. The van der Waals surface area contributed by atoms with Crippen molar-refractivity contribution in [1.29, 1.82) is 0 Å². The third-order valence-electron chi connectivity index (χ3n) is 4.48. The number of nitrogens with one attached hydrogen (secondary N) is 1. The van der Waals surface area contributed by atoms with Crippen LogP contribution in [0.15, 0.2) is 23.2 Å². The molecule has 0 bridgehead atoms. The zero-order valence-corrected chi connectivity index (χ0v) is 14.4. The summed E-state index contributed by atoms with van der Waals surface area (Å²) in [6, 6.07) is 0. The van der Waals surface area contributed by atoms with Gasteiger partial charge in [0.05, 0.1) is 0 Å². The summed E-state index contributed by atoms with van der Waals surface area (Å²) in [6.45, 7) is 5.64. The Morgan fingerprint density at radius 3 is 2.86 bits per heavy atom. The smallest absolute Gasteiger partial charge is 0.180 e. The molecule has 0 spiro atoms. The first-order valence-electron chi connectivity index (χ1n) is 7.81. The number of imidazole rings is 1. The summed E-state index contributed by atoms with van der Waals surface area (Å²) in [5.41, 5.74) is 1.33. The van der Waals surface area contributed by atoms with Gasteiger partial charge in [0, 0.05) is 25.1 Å². The largest absolute Gasteiger partial charge is 0.366 e. The second-order valence-electron chi connectivity index (χ2n) is 6.73. The van der Waals surface area contributed by atoms with Crippen LogP contribution >= 0.6 is 15.9 Å². The van der Waals surface area contributed by atoms with Gasteiger partial charge in [0.25, 0.3) is 0 Å². The molecule has 1 aliphatic carbocycles. The summed E-state index contributed by atoms with van der Waals surface area (Å²) in [5.74, 6) is 1.62. The zero-order valence-electron chi connectivity index (χ0n) is 12.8. The number of rotatable bonds is 5. The van der Waals surface area contributed by atoms with E-state index in [4.69, 9.17) is 0 Å². The molecule has 1 aliphatic rings. The van der Waals surface area contributed by atoms with Gasteiger partial charge in [-0.15, -0.1) is 0 Å². The van der Waals surface area contributed by atoms with E-state index in [0.717, 1.165) is 28.5 Å². The molecule has 2 aromatic heterocycles. The Kier molecular flexibility index (Phi) is 4.20. The van der Waals surface area contributed by atoms with Crippen molar-refractivity contribution in [2.24, 2.45) is 11.3 Å². The monoisotopic (exact) mass is 350 g/mol. The second kappa shape index (κ2) is 5.95. The van der Waals surface area contributed by atoms with Gasteiger partial charge in [-0.05, 0) is 46.5 Å². The molecule has 1 fully saturated rings. The number of hydrogen-bond acceptors (Lipinski definition) is 3. The van der Waals surface area contributed by atoms with Crippen LogP contribution in [0.5, 0.6) is 0 Å². The molecule has 0 saturated heterocycles. The highest BCUT2D eigenvalue weighted by molar-refractivity contribution is 9.10. The fraction of sp³-hybridized carbons (Fsp3) is 0.625. The van der Waals surface area contributed by atoms with Crippen molar-refractivity contribution in [3.05, 3.63) is 23.2 Å². The number of anilines is 1. The summed E-state index contributed by atoms with van der Waals surface area (Å²) in [5, 5.41) is 3.58. The Balaban J connectivity index is 1.80. The molecule has 0 atom stereocenters. The van der Waals surface area contributed by atoms with Crippen LogP contribution in [-0.4, -0.2) is 20.9 Å². The quantitative estimate of drug-likeness (QED) is 0.862. The van der Waals surface area contributed by atoms with Crippen molar-refractivity contribution in [2.75, 3.05) is 11.9 Å². The predicted octanol–water partition coefficient (Wildman–Crippen LogP) is 4.51. The molecule has 3 rings (SSSR count). The Labute approximate surface area is 134 Å². The molecule has 0 radical (unpaired) electrons. The number of halogens is 1. The van der Waals surface area contributed by atoms with E-state index in [1.54, 1.807) is 0 Å². The minimum Gasteiger partial charge on any atom is -0.366 e. The third kappa shape index (κ3) is 3.23. The molecule has 0 aromatic carbocycles. The first-order chi connectivity index (χ1) is 10.1. The highest BCUT2D eigenvalue weighted by Crippen LogP contribution is 2.43. The van der Waals surface area contributed by atoms with Gasteiger partial charge in [0.15, 0.2) is 11.5 Å². The van der Waals surface area contributed by atoms with Crippen LogP contribution < -0.4 is 5.32 Å². The second-order valence-corrected chi connectivity index (χ2v) is 7.54. The molecule has 4 nitrogen and oxygen atoms in total. The SMILES string of the molecule is CC(C)CC1(CNc2nc(Br)cn3ccnc23)CCCC1. The molecule has 2 heterocycles. The number of fused-ring (bicyclic) bond motifs is 1. The minimum atomic E-state index is 0.432. The van der Waals surface area contributed by atoms with Gasteiger partial charge in [-0.3, -0.25) is 0 Å². The molecule has 21 heavy (non-hydrogen) atoms. The maximum Gasteiger partial charge on any atom is 0.180 e. The van der Waals surface area contributed by atoms with E-state index in [-0.39, 0.29) is 0 Å². The summed E-state index contributed by atoms with van der Waals surface area (Å²) in [4.78, 5) is 8.97. The molecule has 5 heteroatoms. The molecule has 114 valence electrons. The topological polar surface area (TPSA) is 42.2 Å². The van der Waals surface area contributed by atoms with Gasteiger partial charge in [0.1, 0.15) is 4.60 Å². The van der Waals surface area contributed by atoms with Crippen LogP contribution in [-0.2, 0) is 0 Å². The van der Waals surface area contributed by atoms with Crippen LogP contribution in [0.3, 0.4) is 0 Å². The van der Waals surface area contributed by atoms with Gasteiger partial charge < -0.3 is 9.72 Å². The number of aromatic nitrogens is 3. The molecule has 1 N–H and O–H groups in total. The lowest BCUT2D eigenvalue weighted by Crippen LogP contribution is -2.29. The minimum absolute atomic E-state index is 0.432. The van der Waals surface area contributed by atoms with Gasteiger partial charge in [-0.2, -0.15) is 0 Å². The lowest BCUT2D eigenvalue weighted by Gasteiger charge is -2.31. The maximum atomic E-state index is 4.57. The van der Waals surface area contributed by atoms with Gasteiger partial charge in [-0.25, -0.2) is 9.97 Å². The fourth-order valence-corrected chi connectivity index (χ4v) is 4.13. The van der Waals surface area contributed by atoms with E-state index >= 15 is 0 Å². The van der Waals surface area contributed by atoms with E-state index in [1.165, 1.54) is 32.1 Å². The van der Waals surface area contributed by atoms with Gasteiger partial charge >= 0.3 is 0 Å². The first kappa shape index (κ1) is 14.8. The van der Waals surface area contributed by atoms with Crippen LogP contribution in [0.4, 0.5) is 5.82 Å². The highest BCUT2D eigenvalue weighted by atomic mass is 79.9. The van der Waals surface area contributed by atoms with Crippen LogP contribution in [0.1, 0.15) is 46.0 Å². The first-order valence-corrected chi connectivity index (χ1v) is 8.60. The van der Waals surface area contributed by atoms with Gasteiger partial charge in [-0.1, -0.05) is 26.7 Å². The number of nitrogens with zero attached hydrogens (tertiary/aromatic N) is 3. The summed E-state index contributed by atoms with van der Waals surface area (Å²) in [7, 11) is 0. The van der Waals surface area contributed by atoms with Crippen LogP contribution in [0.25, 0.3) is 5.65 Å². The van der Waals surface area contributed by atoms with E-state index in [0.29, 0.717) is 5.41 Å². The van der Waals surface area contributed by atoms with E-state index in [9.17, 15) is 0 Å². The molecule has 0 unspecified atom stereocenters. The normalized spacial score (nSPS) is 17.7. The molecule has 2 aromatic rings. The fourth-order valence-electron chi connectivity index (χ4n) is 3.73. The Hall–Kier alpha value is -1.10. The average molecular weight is 351 g/mol. The predicted molar refractivity (Wildman–Crippen MR) is 89.5 cm³/mol. The standard InChI is InChI=1S/C16H23BrN4/c1-12(2)9-16(5-3-4-6-16)11-19-14-15-18-7-8-21(15)10-13(17)20-14/h7-8,10,12H,3-6,9,11H2,1-2H3,(H,19,20). The molecule has 1 saturated carbocycles. The summed E-state index contributed by atoms with van der Waals surface area (Å²) < 4.78 is 2.84. The highest BCUT2D eigenvalue weighted by Gasteiger charge is 2.34. The van der Waals surface area contributed by atoms with Crippen molar-refractivity contribution in [3.8, 4) is 0 Å². The van der Waals surface area contributed by atoms with Crippen molar-refractivity contribution in [3.63, 3.8) is 0 Å². The zero-order chi connectivity index (χ0) is 14.9. The van der Waals surface area contributed by atoms with E-state index in [2.05, 4.69) is 45.1 Å². The third-order valence-corrected chi connectivity index (χ3v) is 4.86. The lowest BCUT2D eigenvalue weighted by molar-refractivity contribution is 0.252. The molecular formula is C16H23BrN4. The molecule has 0 aliphatic heterocycles. The van der Waals surface area contributed by atoms with Crippen LogP contribution in [0, 0.1) is 11.3 Å². The Morgan fingerprint density at radius 2 is 2.14 bits per heavy atom. The van der Waals surface area contributed by atoms with E-state index < -0.39 is 0 Å². The van der Waals surface area contributed by atoms with Gasteiger partial charge in [0.2, 0.25) is 0 Å². The molecular weight excluding hydrogens is 328 g/mol. The lowest BCUT2D eigenvalue weighted by atomic mass is 9.78. The van der Waals surface area contributed by atoms with Crippen molar-refractivity contribution < 1.29 is 0 Å². The Morgan fingerprint density at radius 1 is 1.38 bits per heavy atom. The summed E-state index contributed by atoms with van der Waals surface area (Å²) in [6.07, 6.45) is 12.4. The van der Waals surface area contributed by atoms with E-state index in [1.807, 2.05) is 23.0 Å². The number of hydrogen-bond donors (Lipinski definition) is 1. The van der Waals surface area contributed by atoms with Crippen molar-refractivity contribution in [1.82, 2.24) is 14.4 Å². The Bertz CT molecular complexity index is 614. The summed E-state index contributed by atoms with van der Waals surface area (Å²) >= 11 is 3.48. The van der Waals surface area contributed by atoms with Crippen molar-refractivity contribution >= 4 is 27.4 Å². The van der Waals surface area contributed by atoms with Crippen LogP contribution in [0.2, 0.25) is 0 Å². The molecule has 0 amide bonds. The van der Waals surface area contributed by atoms with Crippen molar-refractivity contribution in [2.45, 2.75) is 46.0 Å².